The number of aliphatic hydroxyl groups is 1. The summed E-state index contributed by atoms with van der Waals surface area (Å²) in [4.78, 5) is 16.0. The highest BCUT2D eigenvalue weighted by molar-refractivity contribution is 7.09. The summed E-state index contributed by atoms with van der Waals surface area (Å²) in [5, 5.41) is 17.4. The number of nitrogens with zero attached hydrogens (tertiary/aromatic N) is 1. The number of aryl methyl sites for hydroxylation is 1. The van der Waals surface area contributed by atoms with Gasteiger partial charge in [-0.15, -0.1) is 11.3 Å². The molecule has 3 N–H and O–H groups in total. The predicted molar refractivity (Wildman–Crippen MR) is 81.0 cm³/mol. The number of aromatic nitrogens is 1. The number of thiazole rings is 1. The summed E-state index contributed by atoms with van der Waals surface area (Å²) in [6.45, 7) is 3.79. The number of hydrogen-bond donors (Lipinski definition) is 3. The van der Waals surface area contributed by atoms with Gasteiger partial charge in [-0.1, -0.05) is 12.1 Å². The Morgan fingerprint density at radius 2 is 2.30 bits per heavy atom. The Morgan fingerprint density at radius 1 is 1.50 bits per heavy atom. The topological polar surface area (TPSA) is 74.2 Å². The molecule has 106 valence electrons. The third kappa shape index (κ3) is 4.04. The number of carbonyl (C=O) groups is 1. The lowest BCUT2D eigenvalue weighted by molar-refractivity contribution is 0.190. The number of anilines is 1. The third-order valence-corrected chi connectivity index (χ3v) is 3.37. The molecule has 0 bridgehead atoms. The van der Waals surface area contributed by atoms with Crippen LogP contribution in [-0.4, -0.2) is 28.8 Å². The van der Waals surface area contributed by atoms with Crippen LogP contribution in [0.3, 0.4) is 0 Å². The molecular weight excluding hydrogens is 274 g/mol. The van der Waals surface area contributed by atoms with Crippen molar-refractivity contribution in [3.05, 3.63) is 34.7 Å². The van der Waals surface area contributed by atoms with Crippen molar-refractivity contribution in [2.24, 2.45) is 0 Å². The van der Waals surface area contributed by atoms with Gasteiger partial charge in [-0.25, -0.2) is 9.78 Å². The van der Waals surface area contributed by atoms with Crippen molar-refractivity contribution in [3.63, 3.8) is 0 Å². The van der Waals surface area contributed by atoms with E-state index in [0.29, 0.717) is 5.69 Å². The largest absolute Gasteiger partial charge is 0.392 e. The van der Waals surface area contributed by atoms with Crippen LogP contribution in [-0.2, 0) is 0 Å². The van der Waals surface area contributed by atoms with Crippen LogP contribution in [0, 0.1) is 6.92 Å². The first-order valence-corrected chi connectivity index (χ1v) is 7.18. The molecule has 0 unspecified atom stereocenters. The van der Waals surface area contributed by atoms with E-state index >= 15 is 0 Å². The van der Waals surface area contributed by atoms with Crippen molar-refractivity contribution >= 4 is 23.1 Å². The van der Waals surface area contributed by atoms with Crippen LogP contribution in [0.1, 0.15) is 11.9 Å². The van der Waals surface area contributed by atoms with Gasteiger partial charge in [0, 0.05) is 23.2 Å². The molecule has 0 aliphatic carbocycles. The highest BCUT2D eigenvalue weighted by Crippen LogP contribution is 2.24. The second kappa shape index (κ2) is 6.49. The third-order valence-electron chi connectivity index (χ3n) is 2.59. The number of hydrogen-bond acceptors (Lipinski definition) is 4. The Labute approximate surface area is 121 Å². The minimum absolute atomic E-state index is 0.219. The zero-order valence-electron chi connectivity index (χ0n) is 11.4. The number of carbonyl (C=O) groups excluding carboxylic acids is 1. The van der Waals surface area contributed by atoms with Gasteiger partial charge in [-0.2, -0.15) is 0 Å². The Kier molecular flexibility index (Phi) is 4.70. The van der Waals surface area contributed by atoms with Crippen LogP contribution in [0.15, 0.2) is 29.6 Å². The zero-order chi connectivity index (χ0) is 14.5. The molecule has 0 fully saturated rings. The number of nitrogens with one attached hydrogen (secondary N) is 2. The maximum absolute atomic E-state index is 11.6. The Balaban J connectivity index is 2.05. The minimum atomic E-state index is -0.565. The van der Waals surface area contributed by atoms with E-state index in [4.69, 9.17) is 5.11 Å². The van der Waals surface area contributed by atoms with E-state index in [1.54, 1.807) is 18.3 Å². The summed E-state index contributed by atoms with van der Waals surface area (Å²) in [6, 6.07) is 7.17. The monoisotopic (exact) mass is 291 g/mol. The molecule has 1 aromatic carbocycles. The summed E-state index contributed by atoms with van der Waals surface area (Å²) in [7, 11) is 0. The molecule has 0 aliphatic rings. The maximum Gasteiger partial charge on any atom is 0.319 e. The lowest BCUT2D eigenvalue weighted by Gasteiger charge is -2.09. The van der Waals surface area contributed by atoms with E-state index in [2.05, 4.69) is 15.6 Å². The normalized spacial score (nSPS) is 11.9. The van der Waals surface area contributed by atoms with Crippen molar-refractivity contribution in [1.29, 1.82) is 0 Å². The number of amides is 2. The first-order valence-electron chi connectivity index (χ1n) is 6.30. The van der Waals surface area contributed by atoms with Crippen LogP contribution in [0.2, 0.25) is 0 Å². The van der Waals surface area contributed by atoms with Gasteiger partial charge in [0.25, 0.3) is 0 Å². The summed E-state index contributed by atoms with van der Waals surface area (Å²) in [5.74, 6) is 0. The van der Waals surface area contributed by atoms with E-state index in [1.165, 1.54) is 0 Å². The molecule has 0 saturated heterocycles. The Morgan fingerprint density at radius 3 is 2.95 bits per heavy atom. The molecular formula is C14H17N3O2S. The molecule has 0 aliphatic heterocycles. The van der Waals surface area contributed by atoms with Gasteiger partial charge >= 0.3 is 6.03 Å². The van der Waals surface area contributed by atoms with Crippen LogP contribution in [0.4, 0.5) is 10.5 Å². The molecule has 6 heteroatoms. The first-order chi connectivity index (χ1) is 9.54. The summed E-state index contributed by atoms with van der Waals surface area (Å²) in [5.41, 5.74) is 2.56. The summed E-state index contributed by atoms with van der Waals surface area (Å²) < 4.78 is 0. The number of rotatable bonds is 4. The average molecular weight is 291 g/mol. The summed E-state index contributed by atoms with van der Waals surface area (Å²) >= 11 is 1.59. The number of benzene rings is 1. The van der Waals surface area contributed by atoms with Crippen LogP contribution in [0.5, 0.6) is 0 Å². The second-order valence-electron chi connectivity index (χ2n) is 4.52. The molecule has 1 heterocycles. The van der Waals surface area contributed by atoms with Gasteiger partial charge in [-0.05, 0) is 26.0 Å². The van der Waals surface area contributed by atoms with Gasteiger partial charge in [0.15, 0.2) is 0 Å². The van der Waals surface area contributed by atoms with E-state index in [9.17, 15) is 4.79 Å². The van der Waals surface area contributed by atoms with E-state index < -0.39 is 6.10 Å². The van der Waals surface area contributed by atoms with Crippen molar-refractivity contribution in [2.45, 2.75) is 20.0 Å². The highest BCUT2D eigenvalue weighted by Gasteiger charge is 2.06. The lowest BCUT2D eigenvalue weighted by atomic mass is 10.1. The number of aliphatic hydroxyl groups excluding tert-OH is 1. The second-order valence-corrected chi connectivity index (χ2v) is 5.58. The molecule has 2 aromatic rings. The fraction of sp³-hybridized carbons (Fsp3) is 0.286. The molecule has 5 nitrogen and oxygen atoms in total. The molecule has 1 atom stereocenters. The van der Waals surface area contributed by atoms with Gasteiger partial charge in [0.1, 0.15) is 0 Å². The van der Waals surface area contributed by atoms with Crippen molar-refractivity contribution < 1.29 is 9.90 Å². The molecule has 1 aromatic heterocycles. The van der Waals surface area contributed by atoms with Gasteiger partial charge < -0.3 is 15.7 Å². The van der Waals surface area contributed by atoms with Crippen LogP contribution in [0.25, 0.3) is 11.3 Å². The van der Waals surface area contributed by atoms with Crippen molar-refractivity contribution in [1.82, 2.24) is 10.3 Å². The fourth-order valence-corrected chi connectivity index (χ4v) is 2.29. The molecule has 2 rings (SSSR count). The SMILES string of the molecule is Cc1nc(-c2cccc(NC(=O)NC[C@@H](C)O)c2)cs1. The summed E-state index contributed by atoms with van der Waals surface area (Å²) in [6.07, 6.45) is -0.565. The molecule has 0 saturated carbocycles. The Bertz CT molecular complexity index is 596. The minimum Gasteiger partial charge on any atom is -0.392 e. The van der Waals surface area contributed by atoms with E-state index in [0.717, 1.165) is 16.3 Å². The van der Waals surface area contributed by atoms with Crippen LogP contribution < -0.4 is 10.6 Å². The standard InChI is InChI=1S/C14H17N3O2S/c1-9(18)7-15-14(19)17-12-5-3-4-11(6-12)13-8-20-10(2)16-13/h3-6,8-9,18H,7H2,1-2H3,(H2,15,17,19)/t9-/m1/s1. The molecule has 2 amide bonds. The lowest BCUT2D eigenvalue weighted by Crippen LogP contribution is -2.34. The van der Waals surface area contributed by atoms with Crippen molar-refractivity contribution in [2.75, 3.05) is 11.9 Å². The molecule has 0 spiro atoms. The van der Waals surface area contributed by atoms with Crippen LogP contribution >= 0.6 is 11.3 Å². The Hall–Kier alpha value is -1.92. The first kappa shape index (κ1) is 14.5. The fourth-order valence-electron chi connectivity index (χ4n) is 1.67. The quantitative estimate of drug-likeness (QED) is 0.810. The predicted octanol–water partition coefficient (Wildman–Crippen LogP) is 2.62. The smallest absolute Gasteiger partial charge is 0.319 e. The van der Waals surface area contributed by atoms with E-state index in [-0.39, 0.29) is 12.6 Å². The maximum atomic E-state index is 11.6. The van der Waals surface area contributed by atoms with Gasteiger partial charge in [0.05, 0.1) is 16.8 Å². The van der Waals surface area contributed by atoms with Gasteiger partial charge in [0.2, 0.25) is 0 Å². The van der Waals surface area contributed by atoms with Crippen molar-refractivity contribution in [3.8, 4) is 11.3 Å². The average Bonchev–Trinajstić information content (AvgIpc) is 2.83. The number of urea groups is 1. The molecule has 0 radical (unpaired) electrons. The van der Waals surface area contributed by atoms with Gasteiger partial charge in [-0.3, -0.25) is 0 Å². The highest BCUT2D eigenvalue weighted by atomic mass is 32.1. The zero-order valence-corrected chi connectivity index (χ0v) is 12.2. The molecule has 20 heavy (non-hydrogen) atoms. The van der Waals surface area contributed by atoms with E-state index in [1.807, 2.05) is 36.6 Å².